The lowest BCUT2D eigenvalue weighted by molar-refractivity contribution is 0.490. The van der Waals surface area contributed by atoms with E-state index in [0.717, 1.165) is 12.8 Å². The van der Waals surface area contributed by atoms with Crippen molar-refractivity contribution >= 4 is 21.5 Å². The molecule has 0 saturated carbocycles. The molecule has 4 aromatic rings. The van der Waals surface area contributed by atoms with Gasteiger partial charge in [-0.25, -0.2) is 0 Å². The van der Waals surface area contributed by atoms with E-state index in [1.54, 1.807) is 39.0 Å². The fourth-order valence-corrected chi connectivity index (χ4v) is 9.49. The zero-order chi connectivity index (χ0) is 30.3. The summed E-state index contributed by atoms with van der Waals surface area (Å²) in [5.41, 5.74) is 13.8. The van der Waals surface area contributed by atoms with Gasteiger partial charge in [-0.05, 0) is 128 Å². The van der Waals surface area contributed by atoms with Crippen LogP contribution < -0.4 is 0 Å². The zero-order valence-electron chi connectivity index (χ0n) is 27.8. The van der Waals surface area contributed by atoms with Gasteiger partial charge in [0, 0.05) is 10.8 Å². The molecular weight excluding hydrogens is 516 g/mol. The maximum absolute atomic E-state index is 2.76. The Hall–Kier alpha value is -3.12. The van der Waals surface area contributed by atoms with E-state index in [4.69, 9.17) is 0 Å². The normalized spacial score (nSPS) is 19.8. The van der Waals surface area contributed by atoms with E-state index in [0.29, 0.717) is 17.8 Å². The van der Waals surface area contributed by atoms with Crippen LogP contribution in [-0.2, 0) is 17.3 Å². The number of fused-ring (bicyclic) bond motifs is 4. The maximum Gasteiger partial charge on any atom is 0.0437 e. The molecule has 0 N–H and O–H groups in total. The van der Waals surface area contributed by atoms with Gasteiger partial charge in [-0.2, -0.15) is 0 Å². The minimum atomic E-state index is -0.115. The minimum absolute atomic E-state index is 0.0820. The number of hydrogen-bond donors (Lipinski definition) is 0. The number of benzene rings is 4. The van der Waals surface area contributed by atoms with Crippen LogP contribution in [0.5, 0.6) is 0 Å². The molecule has 0 saturated heterocycles. The number of hydrogen-bond acceptors (Lipinski definition) is 0. The molecule has 7 rings (SSSR count). The quantitative estimate of drug-likeness (QED) is 0.199. The summed E-state index contributed by atoms with van der Waals surface area (Å²) < 4.78 is 0. The molecule has 0 heterocycles. The van der Waals surface area contributed by atoms with E-state index >= 15 is 0 Å². The van der Waals surface area contributed by atoms with Crippen molar-refractivity contribution in [1.82, 2.24) is 0 Å². The van der Waals surface area contributed by atoms with E-state index in [-0.39, 0.29) is 10.8 Å². The summed E-state index contributed by atoms with van der Waals surface area (Å²) >= 11 is 0. The molecule has 0 amide bonds. The summed E-state index contributed by atoms with van der Waals surface area (Å²) in [4.78, 5) is 0. The molecule has 43 heavy (non-hydrogen) atoms. The van der Waals surface area contributed by atoms with Crippen molar-refractivity contribution in [3.05, 3.63) is 106 Å². The Kier molecular flexibility index (Phi) is 6.81. The molecular formula is C43H50. The third-order valence-corrected chi connectivity index (χ3v) is 11.6. The molecule has 222 valence electrons. The summed E-state index contributed by atoms with van der Waals surface area (Å²) in [5.74, 6) is 1.88. The molecule has 0 aliphatic heterocycles. The van der Waals surface area contributed by atoms with Gasteiger partial charge in [0.2, 0.25) is 0 Å². The van der Waals surface area contributed by atoms with Gasteiger partial charge >= 0.3 is 0 Å². The molecule has 1 atom stereocenters. The Morgan fingerprint density at radius 2 is 1.44 bits per heavy atom. The second kappa shape index (κ2) is 10.2. The molecule has 1 spiro atoms. The van der Waals surface area contributed by atoms with Crippen LogP contribution >= 0.6 is 0 Å². The highest BCUT2D eigenvalue weighted by atomic mass is 14.5. The molecule has 1 unspecified atom stereocenters. The van der Waals surface area contributed by atoms with Gasteiger partial charge in [0.15, 0.2) is 0 Å². The minimum Gasteiger partial charge on any atom is -0.0657 e. The summed E-state index contributed by atoms with van der Waals surface area (Å²) in [5, 5.41) is 5.77. The Morgan fingerprint density at radius 1 is 0.721 bits per heavy atom. The van der Waals surface area contributed by atoms with Crippen molar-refractivity contribution in [3.63, 3.8) is 0 Å². The van der Waals surface area contributed by atoms with Crippen molar-refractivity contribution in [2.75, 3.05) is 0 Å². The first kappa shape index (κ1) is 28.6. The van der Waals surface area contributed by atoms with Crippen LogP contribution in [0, 0.1) is 17.8 Å². The second-order valence-electron chi connectivity index (χ2n) is 14.9. The van der Waals surface area contributed by atoms with Crippen molar-refractivity contribution in [1.29, 1.82) is 0 Å². The first-order valence-corrected chi connectivity index (χ1v) is 17.3. The van der Waals surface area contributed by atoms with E-state index in [1.807, 2.05) is 0 Å². The maximum atomic E-state index is 2.76. The average Bonchev–Trinajstić information content (AvgIpc) is 3.24. The molecule has 0 bridgehead atoms. The summed E-state index contributed by atoms with van der Waals surface area (Å²) in [6, 6.07) is 22.0. The lowest BCUT2D eigenvalue weighted by Gasteiger charge is -2.38. The monoisotopic (exact) mass is 566 g/mol. The molecule has 0 aromatic heterocycles. The standard InChI is InChI=1S/C43H50/c1-9-28(10-2)32-22-33(29(11-3)12-4)25-43(24-32)36-19-18-30-14-13-15-35-38(30)39(36)40-37(43)23-31-17-16-27(20-26(5)6)21-34(31)41(40)42(35,7)8/h13-19,21-24,26,28-29H,9-12,20,25H2,1-8H3. The van der Waals surface area contributed by atoms with Crippen molar-refractivity contribution in [2.24, 2.45) is 17.8 Å². The number of rotatable bonds is 8. The largest absolute Gasteiger partial charge is 0.0657 e. The van der Waals surface area contributed by atoms with Gasteiger partial charge in [-0.1, -0.05) is 122 Å². The first-order chi connectivity index (χ1) is 20.7. The Bertz CT molecular complexity index is 1810. The lowest BCUT2D eigenvalue weighted by atomic mass is 9.65. The van der Waals surface area contributed by atoms with Gasteiger partial charge in [-0.15, -0.1) is 0 Å². The van der Waals surface area contributed by atoms with Crippen molar-refractivity contribution in [2.45, 2.75) is 105 Å². The molecule has 3 aliphatic rings. The highest BCUT2D eigenvalue weighted by Gasteiger charge is 2.50. The third-order valence-electron chi connectivity index (χ3n) is 11.6. The van der Waals surface area contributed by atoms with Crippen molar-refractivity contribution in [3.8, 4) is 11.1 Å². The predicted octanol–water partition coefficient (Wildman–Crippen LogP) is 12.2. The SMILES string of the molecule is CCC(CC)C1=CC2(CC(C(CC)CC)=C1)c1cc3ccc(CC(C)C)cc3c3c1-c1c2ccc2cccc(c12)C3(C)C. The van der Waals surface area contributed by atoms with Crippen LogP contribution in [0.2, 0.25) is 0 Å². The third kappa shape index (κ3) is 4.01. The summed E-state index contributed by atoms with van der Waals surface area (Å²) in [6.07, 6.45) is 12.5. The lowest BCUT2D eigenvalue weighted by Crippen LogP contribution is -2.29. The van der Waals surface area contributed by atoms with Gasteiger partial charge < -0.3 is 0 Å². The van der Waals surface area contributed by atoms with E-state index in [2.05, 4.69) is 122 Å². The van der Waals surface area contributed by atoms with Gasteiger partial charge in [-0.3, -0.25) is 0 Å². The molecule has 0 radical (unpaired) electrons. The highest BCUT2D eigenvalue weighted by Crippen LogP contribution is 2.64. The van der Waals surface area contributed by atoms with Gasteiger partial charge in [0.05, 0.1) is 0 Å². The van der Waals surface area contributed by atoms with E-state index in [9.17, 15) is 0 Å². The fraction of sp³-hybridized carbons (Fsp3) is 0.442. The zero-order valence-corrected chi connectivity index (χ0v) is 27.8. The topological polar surface area (TPSA) is 0 Å². The Morgan fingerprint density at radius 3 is 2.14 bits per heavy atom. The Labute approximate surface area is 260 Å². The number of allylic oxidation sites excluding steroid dienone is 4. The summed E-state index contributed by atoms with van der Waals surface area (Å²) in [6.45, 7) is 19.2. The smallest absolute Gasteiger partial charge is 0.0437 e. The molecule has 0 fully saturated rings. The van der Waals surface area contributed by atoms with Crippen LogP contribution in [0.4, 0.5) is 0 Å². The van der Waals surface area contributed by atoms with Gasteiger partial charge in [0.1, 0.15) is 0 Å². The summed E-state index contributed by atoms with van der Waals surface area (Å²) in [7, 11) is 0. The Balaban J connectivity index is 1.63. The van der Waals surface area contributed by atoms with Gasteiger partial charge in [0.25, 0.3) is 0 Å². The predicted molar refractivity (Wildman–Crippen MR) is 187 cm³/mol. The van der Waals surface area contributed by atoms with Crippen LogP contribution in [-0.4, -0.2) is 0 Å². The van der Waals surface area contributed by atoms with Crippen LogP contribution in [0.3, 0.4) is 0 Å². The second-order valence-corrected chi connectivity index (χ2v) is 14.9. The van der Waals surface area contributed by atoms with Crippen LogP contribution in [0.1, 0.15) is 115 Å². The molecule has 3 aliphatic carbocycles. The molecule has 0 nitrogen and oxygen atoms in total. The highest BCUT2D eigenvalue weighted by molar-refractivity contribution is 6.12. The average molecular weight is 567 g/mol. The van der Waals surface area contributed by atoms with Crippen LogP contribution in [0.15, 0.2) is 77.9 Å². The van der Waals surface area contributed by atoms with Crippen LogP contribution in [0.25, 0.3) is 32.7 Å². The van der Waals surface area contributed by atoms with E-state index in [1.165, 1.54) is 58.4 Å². The fourth-order valence-electron chi connectivity index (χ4n) is 9.49. The first-order valence-electron chi connectivity index (χ1n) is 17.3. The van der Waals surface area contributed by atoms with E-state index < -0.39 is 0 Å². The molecule has 4 aromatic carbocycles. The van der Waals surface area contributed by atoms with Crippen molar-refractivity contribution < 1.29 is 0 Å². The molecule has 0 heteroatoms.